The standard InChI is InChI=1S/C13H26N2/c1-13(2)8-12(13)10-15-7-5-11-4-3-6-14-9-11/h11-12,14-15H,3-10H2,1-2H3. The van der Waals surface area contributed by atoms with Crippen LogP contribution in [-0.2, 0) is 0 Å². The van der Waals surface area contributed by atoms with Gasteiger partial charge in [0.25, 0.3) is 0 Å². The number of nitrogens with one attached hydrogen (secondary N) is 2. The monoisotopic (exact) mass is 210 g/mol. The van der Waals surface area contributed by atoms with Gasteiger partial charge in [-0.3, -0.25) is 0 Å². The predicted octanol–water partition coefficient (Wildman–Crippen LogP) is 2.01. The van der Waals surface area contributed by atoms with Gasteiger partial charge in [0.2, 0.25) is 0 Å². The summed E-state index contributed by atoms with van der Waals surface area (Å²) in [6.45, 7) is 9.71. The minimum absolute atomic E-state index is 0.638. The van der Waals surface area contributed by atoms with E-state index in [1.54, 1.807) is 0 Å². The van der Waals surface area contributed by atoms with Crippen LogP contribution in [-0.4, -0.2) is 26.2 Å². The second-order valence-electron chi connectivity index (χ2n) is 6.09. The van der Waals surface area contributed by atoms with E-state index in [0.717, 1.165) is 11.8 Å². The number of rotatable bonds is 5. The van der Waals surface area contributed by atoms with Crippen LogP contribution in [0, 0.1) is 17.3 Å². The molecule has 2 nitrogen and oxygen atoms in total. The van der Waals surface area contributed by atoms with Crippen LogP contribution in [0.4, 0.5) is 0 Å². The third-order valence-electron chi connectivity index (χ3n) is 4.24. The van der Waals surface area contributed by atoms with Crippen molar-refractivity contribution in [1.82, 2.24) is 10.6 Å². The lowest BCUT2D eigenvalue weighted by atomic mass is 9.96. The smallest absolute Gasteiger partial charge is 0.00152 e. The molecular formula is C13H26N2. The molecule has 2 heteroatoms. The molecule has 0 amide bonds. The van der Waals surface area contributed by atoms with E-state index in [4.69, 9.17) is 0 Å². The highest BCUT2D eigenvalue weighted by atomic mass is 14.9. The topological polar surface area (TPSA) is 24.1 Å². The Kier molecular flexibility index (Phi) is 3.68. The normalized spacial score (nSPS) is 34.0. The van der Waals surface area contributed by atoms with Gasteiger partial charge >= 0.3 is 0 Å². The molecule has 2 rings (SSSR count). The van der Waals surface area contributed by atoms with Gasteiger partial charge in [0.05, 0.1) is 0 Å². The van der Waals surface area contributed by atoms with Gasteiger partial charge in [0, 0.05) is 0 Å². The molecular weight excluding hydrogens is 184 g/mol. The van der Waals surface area contributed by atoms with E-state index in [1.165, 1.54) is 51.9 Å². The first-order valence-corrected chi connectivity index (χ1v) is 6.60. The lowest BCUT2D eigenvalue weighted by Crippen LogP contribution is -2.32. The quantitative estimate of drug-likeness (QED) is 0.678. The summed E-state index contributed by atoms with van der Waals surface area (Å²) in [6.07, 6.45) is 5.59. The molecule has 0 spiro atoms. The maximum absolute atomic E-state index is 3.62. The first-order chi connectivity index (χ1) is 7.18. The van der Waals surface area contributed by atoms with Crippen molar-refractivity contribution in [2.45, 2.75) is 39.5 Å². The van der Waals surface area contributed by atoms with E-state index in [9.17, 15) is 0 Å². The van der Waals surface area contributed by atoms with Crippen molar-refractivity contribution in [3.63, 3.8) is 0 Å². The average Bonchev–Trinajstić information content (AvgIpc) is 2.83. The van der Waals surface area contributed by atoms with E-state index < -0.39 is 0 Å². The molecule has 1 saturated heterocycles. The van der Waals surface area contributed by atoms with Crippen LogP contribution in [0.1, 0.15) is 39.5 Å². The fourth-order valence-electron chi connectivity index (χ4n) is 2.68. The SMILES string of the molecule is CC1(C)CC1CNCCC1CCCNC1. The van der Waals surface area contributed by atoms with Gasteiger partial charge < -0.3 is 10.6 Å². The zero-order valence-electron chi connectivity index (χ0n) is 10.3. The highest BCUT2D eigenvalue weighted by Crippen LogP contribution is 2.50. The Morgan fingerprint density at radius 3 is 2.80 bits per heavy atom. The van der Waals surface area contributed by atoms with E-state index in [-0.39, 0.29) is 0 Å². The summed E-state index contributed by atoms with van der Waals surface area (Å²) in [7, 11) is 0. The lowest BCUT2D eigenvalue weighted by Gasteiger charge is -2.22. The van der Waals surface area contributed by atoms with E-state index >= 15 is 0 Å². The fraction of sp³-hybridized carbons (Fsp3) is 1.00. The summed E-state index contributed by atoms with van der Waals surface area (Å²) >= 11 is 0. The predicted molar refractivity (Wildman–Crippen MR) is 65.0 cm³/mol. The van der Waals surface area contributed by atoms with Crippen LogP contribution < -0.4 is 10.6 Å². The van der Waals surface area contributed by atoms with Gasteiger partial charge in [-0.1, -0.05) is 13.8 Å². The molecule has 2 fully saturated rings. The molecule has 2 aliphatic rings. The molecule has 2 N–H and O–H groups in total. The Morgan fingerprint density at radius 1 is 1.40 bits per heavy atom. The first kappa shape index (κ1) is 11.4. The van der Waals surface area contributed by atoms with Crippen molar-refractivity contribution in [3.8, 4) is 0 Å². The molecule has 2 atom stereocenters. The largest absolute Gasteiger partial charge is 0.316 e. The Hall–Kier alpha value is -0.0800. The highest BCUT2D eigenvalue weighted by Gasteiger charge is 2.44. The summed E-state index contributed by atoms with van der Waals surface area (Å²) < 4.78 is 0. The van der Waals surface area contributed by atoms with Crippen molar-refractivity contribution in [1.29, 1.82) is 0 Å². The van der Waals surface area contributed by atoms with Crippen molar-refractivity contribution in [2.75, 3.05) is 26.2 Å². The van der Waals surface area contributed by atoms with Crippen LogP contribution >= 0.6 is 0 Å². The molecule has 0 aromatic heterocycles. The third kappa shape index (κ3) is 3.46. The maximum Gasteiger partial charge on any atom is -0.00152 e. The van der Waals surface area contributed by atoms with Crippen molar-refractivity contribution >= 4 is 0 Å². The van der Waals surface area contributed by atoms with Gasteiger partial charge in [-0.15, -0.1) is 0 Å². The van der Waals surface area contributed by atoms with Crippen LogP contribution in [0.2, 0.25) is 0 Å². The number of hydrogen-bond acceptors (Lipinski definition) is 2. The first-order valence-electron chi connectivity index (χ1n) is 6.60. The van der Waals surface area contributed by atoms with Gasteiger partial charge in [-0.25, -0.2) is 0 Å². The molecule has 0 aromatic rings. The second kappa shape index (κ2) is 4.84. The Morgan fingerprint density at radius 2 is 2.20 bits per heavy atom. The molecule has 1 aliphatic heterocycles. The fourth-order valence-corrected chi connectivity index (χ4v) is 2.68. The Labute approximate surface area is 94.2 Å². The Balaban J connectivity index is 1.48. The zero-order chi connectivity index (χ0) is 10.7. The molecule has 0 bridgehead atoms. The van der Waals surface area contributed by atoms with Gasteiger partial charge in [0.15, 0.2) is 0 Å². The number of piperidine rings is 1. The summed E-state index contributed by atoms with van der Waals surface area (Å²) in [4.78, 5) is 0. The summed E-state index contributed by atoms with van der Waals surface area (Å²) in [5, 5.41) is 7.10. The molecule has 2 unspecified atom stereocenters. The lowest BCUT2D eigenvalue weighted by molar-refractivity contribution is 0.350. The molecule has 0 aromatic carbocycles. The molecule has 0 radical (unpaired) electrons. The van der Waals surface area contributed by atoms with Crippen LogP contribution in [0.25, 0.3) is 0 Å². The van der Waals surface area contributed by atoms with Gasteiger partial charge in [-0.05, 0) is 69.1 Å². The summed E-state index contributed by atoms with van der Waals surface area (Å²) in [5.74, 6) is 1.88. The molecule has 88 valence electrons. The van der Waals surface area contributed by atoms with Crippen LogP contribution in [0.15, 0.2) is 0 Å². The van der Waals surface area contributed by atoms with E-state index in [1.807, 2.05) is 0 Å². The summed E-state index contributed by atoms with van der Waals surface area (Å²) in [6, 6.07) is 0. The van der Waals surface area contributed by atoms with Gasteiger partial charge in [0.1, 0.15) is 0 Å². The third-order valence-corrected chi connectivity index (χ3v) is 4.24. The zero-order valence-corrected chi connectivity index (χ0v) is 10.3. The van der Waals surface area contributed by atoms with E-state index in [2.05, 4.69) is 24.5 Å². The molecule has 1 saturated carbocycles. The average molecular weight is 210 g/mol. The minimum atomic E-state index is 0.638. The second-order valence-corrected chi connectivity index (χ2v) is 6.09. The van der Waals surface area contributed by atoms with Crippen molar-refractivity contribution in [2.24, 2.45) is 17.3 Å². The maximum atomic E-state index is 3.62. The highest BCUT2D eigenvalue weighted by molar-refractivity contribution is 4.96. The van der Waals surface area contributed by atoms with Crippen molar-refractivity contribution < 1.29 is 0 Å². The molecule has 1 heterocycles. The molecule has 1 aliphatic carbocycles. The van der Waals surface area contributed by atoms with Crippen LogP contribution in [0.3, 0.4) is 0 Å². The molecule has 15 heavy (non-hydrogen) atoms. The van der Waals surface area contributed by atoms with Gasteiger partial charge in [-0.2, -0.15) is 0 Å². The minimum Gasteiger partial charge on any atom is -0.316 e. The van der Waals surface area contributed by atoms with E-state index in [0.29, 0.717) is 5.41 Å². The van der Waals surface area contributed by atoms with Crippen molar-refractivity contribution in [3.05, 3.63) is 0 Å². The Bertz CT molecular complexity index is 195. The van der Waals surface area contributed by atoms with Crippen LogP contribution in [0.5, 0.6) is 0 Å². The summed E-state index contributed by atoms with van der Waals surface area (Å²) in [5.41, 5.74) is 0.638. The number of hydrogen-bond donors (Lipinski definition) is 2.